The second-order valence-corrected chi connectivity index (χ2v) is 6.26. The standard InChI is InChI=1S/C19H27N3O3/c1-4-10-20-17(23)15-21-11-13-22(14-12-21)18(24)19(2,25-3)16-8-6-5-7-9-16/h4-9H,1,10-15H2,2-3H3,(H,20,23)/t19-/m1/s1. The lowest BCUT2D eigenvalue weighted by molar-refractivity contribution is -0.156. The van der Waals surface area contributed by atoms with E-state index in [1.807, 2.05) is 35.2 Å². The Morgan fingerprint density at radius 2 is 1.88 bits per heavy atom. The van der Waals surface area contributed by atoms with Crippen LogP contribution in [0.25, 0.3) is 0 Å². The minimum atomic E-state index is -0.995. The molecule has 0 radical (unpaired) electrons. The summed E-state index contributed by atoms with van der Waals surface area (Å²) >= 11 is 0. The van der Waals surface area contributed by atoms with E-state index < -0.39 is 5.60 Å². The van der Waals surface area contributed by atoms with Gasteiger partial charge in [0.2, 0.25) is 5.91 Å². The van der Waals surface area contributed by atoms with Crippen molar-refractivity contribution in [2.45, 2.75) is 12.5 Å². The number of rotatable bonds is 7. The second-order valence-electron chi connectivity index (χ2n) is 6.26. The highest BCUT2D eigenvalue weighted by atomic mass is 16.5. The number of carbonyl (C=O) groups is 2. The number of hydrogen-bond donors (Lipinski definition) is 1. The normalized spacial score (nSPS) is 17.6. The molecule has 0 aromatic heterocycles. The van der Waals surface area contributed by atoms with Gasteiger partial charge in [0.25, 0.3) is 5.91 Å². The first-order chi connectivity index (χ1) is 12.0. The van der Waals surface area contributed by atoms with Gasteiger partial charge >= 0.3 is 0 Å². The molecule has 0 bridgehead atoms. The van der Waals surface area contributed by atoms with E-state index in [9.17, 15) is 9.59 Å². The van der Waals surface area contributed by atoms with Gasteiger partial charge in [-0.15, -0.1) is 6.58 Å². The molecule has 0 unspecified atom stereocenters. The molecule has 25 heavy (non-hydrogen) atoms. The van der Waals surface area contributed by atoms with E-state index >= 15 is 0 Å². The van der Waals surface area contributed by atoms with E-state index in [1.165, 1.54) is 0 Å². The molecule has 0 saturated carbocycles. The molecule has 1 N–H and O–H groups in total. The lowest BCUT2D eigenvalue weighted by Crippen LogP contribution is -2.55. The first-order valence-electron chi connectivity index (χ1n) is 8.51. The van der Waals surface area contributed by atoms with Crippen molar-refractivity contribution < 1.29 is 14.3 Å². The van der Waals surface area contributed by atoms with E-state index in [4.69, 9.17) is 4.74 Å². The predicted molar refractivity (Wildman–Crippen MR) is 97.0 cm³/mol. The Kier molecular flexibility index (Phi) is 6.73. The van der Waals surface area contributed by atoms with E-state index in [0.717, 1.165) is 5.56 Å². The molecule has 1 aliphatic rings. The predicted octanol–water partition coefficient (Wildman–Crippen LogP) is 0.995. The lowest BCUT2D eigenvalue weighted by Gasteiger charge is -2.39. The fourth-order valence-electron chi connectivity index (χ4n) is 2.94. The van der Waals surface area contributed by atoms with Crippen LogP contribution in [0.1, 0.15) is 12.5 Å². The van der Waals surface area contributed by atoms with Crippen molar-refractivity contribution in [2.75, 3.05) is 46.4 Å². The van der Waals surface area contributed by atoms with Gasteiger partial charge in [-0.05, 0) is 12.5 Å². The van der Waals surface area contributed by atoms with E-state index in [1.54, 1.807) is 20.1 Å². The van der Waals surface area contributed by atoms with Gasteiger partial charge in [-0.25, -0.2) is 0 Å². The molecule has 0 aliphatic carbocycles. The van der Waals surface area contributed by atoms with Crippen molar-refractivity contribution in [3.8, 4) is 0 Å². The molecule has 6 nitrogen and oxygen atoms in total. The van der Waals surface area contributed by atoms with Crippen LogP contribution in [-0.4, -0.2) is 68.0 Å². The Morgan fingerprint density at radius 1 is 1.24 bits per heavy atom. The van der Waals surface area contributed by atoms with E-state index in [0.29, 0.717) is 39.3 Å². The molecule has 1 aromatic carbocycles. The molecule has 2 rings (SSSR count). The van der Waals surface area contributed by atoms with E-state index in [-0.39, 0.29) is 11.8 Å². The summed E-state index contributed by atoms with van der Waals surface area (Å²) in [7, 11) is 1.56. The Balaban J connectivity index is 1.94. The zero-order chi connectivity index (χ0) is 18.3. The van der Waals surface area contributed by atoms with Gasteiger partial charge in [-0.1, -0.05) is 36.4 Å². The molecule has 2 amide bonds. The summed E-state index contributed by atoms with van der Waals surface area (Å²) in [5.41, 5.74) is -0.154. The summed E-state index contributed by atoms with van der Waals surface area (Å²) in [6, 6.07) is 9.53. The second kappa shape index (κ2) is 8.78. The highest BCUT2D eigenvalue weighted by Gasteiger charge is 2.39. The number of piperazine rings is 1. The summed E-state index contributed by atoms with van der Waals surface area (Å²) in [6.45, 7) is 8.70. The van der Waals surface area contributed by atoms with Crippen LogP contribution in [0.4, 0.5) is 0 Å². The van der Waals surface area contributed by atoms with Gasteiger partial charge in [0, 0.05) is 39.8 Å². The largest absolute Gasteiger partial charge is 0.364 e. The monoisotopic (exact) mass is 345 g/mol. The molecule has 1 saturated heterocycles. The third-order valence-corrected chi connectivity index (χ3v) is 4.61. The molecule has 6 heteroatoms. The number of carbonyl (C=O) groups excluding carboxylic acids is 2. The Labute approximate surface area is 149 Å². The Morgan fingerprint density at radius 3 is 2.44 bits per heavy atom. The molecule has 1 aromatic rings. The van der Waals surface area contributed by atoms with Gasteiger partial charge in [0.1, 0.15) is 0 Å². The van der Waals surface area contributed by atoms with Crippen LogP contribution >= 0.6 is 0 Å². The summed E-state index contributed by atoms with van der Waals surface area (Å²) in [6.07, 6.45) is 1.66. The van der Waals surface area contributed by atoms with Gasteiger partial charge in [-0.3, -0.25) is 14.5 Å². The maximum atomic E-state index is 13.0. The van der Waals surface area contributed by atoms with Crippen molar-refractivity contribution in [3.63, 3.8) is 0 Å². The zero-order valence-corrected chi connectivity index (χ0v) is 15.0. The van der Waals surface area contributed by atoms with Crippen LogP contribution in [0.15, 0.2) is 43.0 Å². The first-order valence-corrected chi connectivity index (χ1v) is 8.51. The first kappa shape index (κ1) is 19.1. The highest BCUT2D eigenvalue weighted by Crippen LogP contribution is 2.27. The number of methoxy groups -OCH3 is 1. The van der Waals surface area contributed by atoms with E-state index in [2.05, 4.69) is 16.8 Å². The molecule has 1 atom stereocenters. The Hall–Kier alpha value is -2.18. The molecule has 136 valence electrons. The van der Waals surface area contributed by atoms with Gasteiger partial charge in [-0.2, -0.15) is 0 Å². The van der Waals surface area contributed by atoms with Gasteiger partial charge in [0.15, 0.2) is 5.60 Å². The number of nitrogens with one attached hydrogen (secondary N) is 1. The van der Waals surface area contributed by atoms with Gasteiger partial charge < -0.3 is 15.0 Å². The fourth-order valence-corrected chi connectivity index (χ4v) is 2.94. The third kappa shape index (κ3) is 4.67. The molecule has 0 spiro atoms. The molecule has 1 aliphatic heterocycles. The fraction of sp³-hybridized carbons (Fsp3) is 0.474. The van der Waals surface area contributed by atoms with Crippen LogP contribution < -0.4 is 5.32 Å². The van der Waals surface area contributed by atoms with Crippen LogP contribution in [0, 0.1) is 0 Å². The molecular weight excluding hydrogens is 318 g/mol. The van der Waals surface area contributed by atoms with Crippen molar-refractivity contribution >= 4 is 11.8 Å². The van der Waals surface area contributed by atoms with Crippen molar-refractivity contribution in [3.05, 3.63) is 48.6 Å². The lowest BCUT2D eigenvalue weighted by atomic mass is 9.93. The SMILES string of the molecule is C=CCNC(=O)CN1CCN(C(=O)[C@](C)(OC)c2ccccc2)CC1. The maximum absolute atomic E-state index is 13.0. The van der Waals surface area contributed by atoms with Crippen molar-refractivity contribution in [1.29, 1.82) is 0 Å². The summed E-state index contributed by atoms with van der Waals surface area (Å²) in [4.78, 5) is 28.7. The van der Waals surface area contributed by atoms with Crippen LogP contribution in [-0.2, 0) is 19.9 Å². The molecular formula is C19H27N3O3. The Bertz CT molecular complexity index is 597. The van der Waals surface area contributed by atoms with Crippen LogP contribution in [0.5, 0.6) is 0 Å². The smallest absolute Gasteiger partial charge is 0.259 e. The average Bonchev–Trinajstić information content (AvgIpc) is 2.66. The number of ether oxygens (including phenoxy) is 1. The summed E-state index contributed by atoms with van der Waals surface area (Å²) in [5, 5.41) is 2.77. The summed E-state index contributed by atoms with van der Waals surface area (Å²) in [5.74, 6) is -0.0670. The third-order valence-electron chi connectivity index (χ3n) is 4.61. The zero-order valence-electron chi connectivity index (χ0n) is 15.0. The molecule has 1 heterocycles. The molecule has 1 fully saturated rings. The van der Waals surface area contributed by atoms with Crippen molar-refractivity contribution in [2.24, 2.45) is 0 Å². The minimum Gasteiger partial charge on any atom is -0.364 e. The van der Waals surface area contributed by atoms with Gasteiger partial charge in [0.05, 0.1) is 6.54 Å². The number of benzene rings is 1. The van der Waals surface area contributed by atoms with Crippen LogP contribution in [0.3, 0.4) is 0 Å². The van der Waals surface area contributed by atoms with Crippen LogP contribution in [0.2, 0.25) is 0 Å². The minimum absolute atomic E-state index is 0.0225. The maximum Gasteiger partial charge on any atom is 0.259 e. The number of nitrogens with zero attached hydrogens (tertiary/aromatic N) is 2. The summed E-state index contributed by atoms with van der Waals surface area (Å²) < 4.78 is 5.60. The number of amides is 2. The highest BCUT2D eigenvalue weighted by molar-refractivity contribution is 5.86. The quantitative estimate of drug-likeness (QED) is 0.749. The number of hydrogen-bond acceptors (Lipinski definition) is 4. The average molecular weight is 345 g/mol. The van der Waals surface area contributed by atoms with Crippen molar-refractivity contribution in [1.82, 2.24) is 15.1 Å². The topological polar surface area (TPSA) is 61.9 Å².